The zero-order chi connectivity index (χ0) is 11.5. The second-order valence-electron chi connectivity index (χ2n) is 3.63. The highest BCUT2D eigenvalue weighted by Crippen LogP contribution is 2.26. The molecule has 1 atom stereocenters. The molecule has 2 aromatic heterocycles. The molecule has 0 fully saturated rings. The summed E-state index contributed by atoms with van der Waals surface area (Å²) >= 11 is 1.24. The third-order valence-electron chi connectivity index (χ3n) is 2.42. The van der Waals surface area contributed by atoms with E-state index in [9.17, 15) is 5.11 Å². The molecule has 0 aromatic carbocycles. The Morgan fingerprint density at radius 1 is 1.56 bits per heavy atom. The summed E-state index contributed by atoms with van der Waals surface area (Å²) in [5.41, 5.74) is 0.878. The van der Waals surface area contributed by atoms with Crippen LogP contribution in [0.4, 0.5) is 0 Å². The molecule has 0 aliphatic carbocycles. The average Bonchev–Trinajstić information content (AvgIpc) is 2.87. The van der Waals surface area contributed by atoms with Crippen LogP contribution >= 0.6 is 11.5 Å². The highest BCUT2D eigenvalue weighted by atomic mass is 32.1. The van der Waals surface area contributed by atoms with Crippen molar-refractivity contribution in [2.24, 2.45) is 7.05 Å². The Bertz CT molecular complexity index is 465. The first-order valence-corrected chi connectivity index (χ1v) is 5.97. The predicted octanol–water partition coefficient (Wildman–Crippen LogP) is 1.31. The second kappa shape index (κ2) is 4.71. The van der Waals surface area contributed by atoms with Crippen LogP contribution in [0.2, 0.25) is 0 Å². The van der Waals surface area contributed by atoms with Crippen molar-refractivity contribution < 1.29 is 5.11 Å². The third kappa shape index (κ3) is 1.98. The van der Waals surface area contributed by atoms with Gasteiger partial charge in [0.25, 0.3) is 0 Å². The fourth-order valence-electron chi connectivity index (χ4n) is 1.59. The number of aliphatic hydroxyl groups is 1. The smallest absolute Gasteiger partial charge is 0.149 e. The maximum atomic E-state index is 10.2. The van der Waals surface area contributed by atoms with Gasteiger partial charge in [-0.05, 0) is 18.0 Å². The van der Waals surface area contributed by atoms with Crippen molar-refractivity contribution in [1.29, 1.82) is 0 Å². The first-order valence-electron chi connectivity index (χ1n) is 5.20. The summed E-state index contributed by atoms with van der Waals surface area (Å²) in [5, 5.41) is 14.2. The minimum Gasteiger partial charge on any atom is -0.379 e. The lowest BCUT2D eigenvalue weighted by Gasteiger charge is -2.09. The molecule has 1 unspecified atom stereocenters. The van der Waals surface area contributed by atoms with Gasteiger partial charge in [0.2, 0.25) is 0 Å². The molecule has 0 aliphatic heterocycles. The van der Waals surface area contributed by atoms with Crippen LogP contribution in [0.15, 0.2) is 12.4 Å². The van der Waals surface area contributed by atoms with Crippen molar-refractivity contribution in [2.45, 2.75) is 25.9 Å². The first-order chi connectivity index (χ1) is 7.74. The van der Waals surface area contributed by atoms with Crippen molar-refractivity contribution in [3.63, 3.8) is 0 Å². The highest BCUT2D eigenvalue weighted by molar-refractivity contribution is 7.05. The lowest BCUT2D eigenvalue weighted by atomic mass is 10.1. The molecule has 2 heterocycles. The minimum absolute atomic E-state index is 0.628. The fourth-order valence-corrected chi connectivity index (χ4v) is 2.27. The zero-order valence-corrected chi connectivity index (χ0v) is 10.1. The third-order valence-corrected chi connectivity index (χ3v) is 3.24. The van der Waals surface area contributed by atoms with Gasteiger partial charge >= 0.3 is 0 Å². The molecule has 2 aromatic rings. The molecule has 0 saturated carbocycles. The average molecular weight is 238 g/mol. The Morgan fingerprint density at radius 3 is 3.00 bits per heavy atom. The molecule has 86 valence electrons. The van der Waals surface area contributed by atoms with Gasteiger partial charge in [-0.2, -0.15) is 0 Å². The minimum atomic E-state index is -0.721. The van der Waals surface area contributed by atoms with Crippen LogP contribution in [0.5, 0.6) is 0 Å². The Labute approximate surface area is 97.9 Å². The molecular formula is C10H14N4OS. The number of hydrogen-bond donors (Lipinski definition) is 1. The van der Waals surface area contributed by atoms with Crippen molar-refractivity contribution in [3.8, 4) is 0 Å². The van der Waals surface area contributed by atoms with Gasteiger partial charge in [-0.3, -0.25) is 0 Å². The number of rotatable bonds is 4. The lowest BCUT2D eigenvalue weighted by Crippen LogP contribution is -2.07. The van der Waals surface area contributed by atoms with Crippen LogP contribution in [0, 0.1) is 0 Å². The summed E-state index contributed by atoms with van der Waals surface area (Å²) < 4.78 is 5.70. The lowest BCUT2D eigenvalue weighted by molar-refractivity contribution is 0.208. The van der Waals surface area contributed by atoms with E-state index in [1.165, 1.54) is 11.5 Å². The van der Waals surface area contributed by atoms with Crippen LogP contribution in [0.3, 0.4) is 0 Å². The number of imidazole rings is 1. The van der Waals surface area contributed by atoms with Crippen molar-refractivity contribution >= 4 is 11.5 Å². The van der Waals surface area contributed by atoms with Crippen LogP contribution in [0.1, 0.15) is 35.8 Å². The van der Waals surface area contributed by atoms with E-state index in [1.807, 2.05) is 13.2 Å². The summed E-state index contributed by atoms with van der Waals surface area (Å²) in [5.74, 6) is 0.628. The molecule has 0 radical (unpaired) electrons. The van der Waals surface area contributed by atoms with Crippen LogP contribution < -0.4 is 0 Å². The molecule has 5 nitrogen and oxygen atoms in total. The van der Waals surface area contributed by atoms with Gasteiger partial charge in [0.05, 0.1) is 10.6 Å². The van der Waals surface area contributed by atoms with E-state index < -0.39 is 6.10 Å². The summed E-state index contributed by atoms with van der Waals surface area (Å²) in [6.45, 7) is 2.08. The number of aromatic nitrogens is 4. The van der Waals surface area contributed by atoms with E-state index in [0.29, 0.717) is 5.82 Å². The van der Waals surface area contributed by atoms with E-state index in [4.69, 9.17) is 0 Å². The van der Waals surface area contributed by atoms with E-state index in [-0.39, 0.29) is 0 Å². The van der Waals surface area contributed by atoms with Crippen LogP contribution in [-0.4, -0.2) is 24.2 Å². The van der Waals surface area contributed by atoms with Crippen LogP contribution in [0.25, 0.3) is 0 Å². The van der Waals surface area contributed by atoms with E-state index in [0.717, 1.165) is 23.4 Å². The van der Waals surface area contributed by atoms with Gasteiger partial charge < -0.3 is 9.67 Å². The van der Waals surface area contributed by atoms with Gasteiger partial charge in [0.15, 0.2) is 0 Å². The first kappa shape index (κ1) is 11.2. The van der Waals surface area contributed by atoms with E-state index >= 15 is 0 Å². The van der Waals surface area contributed by atoms with Crippen molar-refractivity contribution in [3.05, 3.63) is 28.8 Å². The topological polar surface area (TPSA) is 63.8 Å². The normalized spacial score (nSPS) is 12.9. The van der Waals surface area contributed by atoms with Gasteiger partial charge in [-0.15, -0.1) is 5.10 Å². The molecule has 16 heavy (non-hydrogen) atoms. The molecule has 0 spiro atoms. The Kier molecular flexibility index (Phi) is 3.31. The molecule has 0 saturated heterocycles. The summed E-state index contributed by atoms with van der Waals surface area (Å²) in [6.07, 6.45) is 4.60. The number of aryl methyl sites for hydroxylation is 2. The predicted molar refractivity (Wildman–Crippen MR) is 61.2 cm³/mol. The molecule has 0 bridgehead atoms. The van der Waals surface area contributed by atoms with Crippen LogP contribution in [-0.2, 0) is 13.5 Å². The Hall–Kier alpha value is -1.27. The highest BCUT2D eigenvalue weighted by Gasteiger charge is 2.21. The monoisotopic (exact) mass is 238 g/mol. The van der Waals surface area contributed by atoms with E-state index in [2.05, 4.69) is 21.5 Å². The van der Waals surface area contributed by atoms with Gasteiger partial charge in [-0.25, -0.2) is 4.98 Å². The quantitative estimate of drug-likeness (QED) is 0.872. The number of aliphatic hydroxyl groups excluding tert-OH is 1. The zero-order valence-electron chi connectivity index (χ0n) is 9.29. The molecule has 6 heteroatoms. The second-order valence-corrected chi connectivity index (χ2v) is 4.42. The van der Waals surface area contributed by atoms with E-state index in [1.54, 1.807) is 10.8 Å². The Morgan fingerprint density at radius 2 is 2.38 bits per heavy atom. The molecule has 2 rings (SSSR count). The number of hydrogen-bond acceptors (Lipinski definition) is 5. The standard InChI is InChI=1S/C10H14N4OS/c1-3-4-7-9(16-13-12-7)8(15)10-11-5-6-14(10)2/h5-6,8,15H,3-4H2,1-2H3. The fraction of sp³-hybridized carbons (Fsp3) is 0.500. The van der Waals surface area contributed by atoms with Gasteiger partial charge in [0.1, 0.15) is 11.9 Å². The van der Waals surface area contributed by atoms with Gasteiger partial charge in [0, 0.05) is 19.4 Å². The SMILES string of the molecule is CCCc1nnsc1C(O)c1nccn1C. The summed E-state index contributed by atoms with van der Waals surface area (Å²) in [6, 6.07) is 0. The summed E-state index contributed by atoms with van der Waals surface area (Å²) in [7, 11) is 1.86. The maximum absolute atomic E-state index is 10.2. The van der Waals surface area contributed by atoms with Crippen molar-refractivity contribution in [1.82, 2.24) is 19.1 Å². The molecule has 1 N–H and O–H groups in total. The summed E-state index contributed by atoms with van der Waals surface area (Å²) in [4.78, 5) is 4.94. The maximum Gasteiger partial charge on any atom is 0.149 e. The Balaban J connectivity index is 2.30. The molecule has 0 aliphatic rings. The molecular weight excluding hydrogens is 224 g/mol. The van der Waals surface area contributed by atoms with Crippen molar-refractivity contribution in [2.75, 3.05) is 0 Å². The van der Waals surface area contributed by atoms with Gasteiger partial charge in [-0.1, -0.05) is 17.8 Å². The largest absolute Gasteiger partial charge is 0.379 e. The number of nitrogens with zero attached hydrogens (tertiary/aromatic N) is 4. The molecule has 0 amide bonds.